The van der Waals surface area contributed by atoms with Crippen LogP contribution < -0.4 is 0 Å². The highest BCUT2D eigenvalue weighted by atomic mass is 16.6. The summed E-state index contributed by atoms with van der Waals surface area (Å²) in [6.07, 6.45) is 1.65. The molecule has 0 amide bonds. The molecule has 6 nitrogen and oxygen atoms in total. The average molecular weight is 269 g/mol. The lowest BCUT2D eigenvalue weighted by Gasteiger charge is -1.98. The molecule has 2 aromatic heterocycles. The van der Waals surface area contributed by atoms with Gasteiger partial charge in [-0.15, -0.1) is 0 Å². The predicted octanol–water partition coefficient (Wildman–Crippen LogP) is 2.42. The molecule has 0 saturated carbocycles. The van der Waals surface area contributed by atoms with Crippen molar-refractivity contribution in [2.75, 3.05) is 0 Å². The Hall–Kier alpha value is -2.89. The van der Waals surface area contributed by atoms with Gasteiger partial charge in [-0.2, -0.15) is 4.98 Å². The largest absolute Gasteiger partial charge is 0.451 e. The van der Waals surface area contributed by atoms with Crippen LogP contribution in [-0.4, -0.2) is 21.1 Å². The first kappa shape index (κ1) is 12.2. The molecule has 100 valence electrons. The zero-order chi connectivity index (χ0) is 13.8. The Morgan fingerprint density at radius 2 is 2.05 bits per heavy atom. The molecule has 3 rings (SSSR count). The van der Waals surface area contributed by atoms with Crippen LogP contribution in [-0.2, 0) is 11.3 Å². The molecule has 0 atom stereocenters. The molecule has 0 unspecified atom stereocenters. The number of carbonyl (C=O) groups excluding carboxylic acids is 1. The standard InChI is InChI=1S/C14H11N3O3/c18-14(11-7-4-8-15-11)19-9-12-16-13(17-20-12)10-5-2-1-3-6-10/h1-8,15H,9H2. The van der Waals surface area contributed by atoms with Crippen LogP contribution in [0.5, 0.6) is 0 Å². The van der Waals surface area contributed by atoms with E-state index in [4.69, 9.17) is 9.26 Å². The van der Waals surface area contributed by atoms with E-state index in [0.29, 0.717) is 11.5 Å². The van der Waals surface area contributed by atoms with Gasteiger partial charge in [0.05, 0.1) is 0 Å². The molecule has 0 bridgehead atoms. The van der Waals surface area contributed by atoms with Crippen molar-refractivity contribution >= 4 is 5.97 Å². The van der Waals surface area contributed by atoms with Crippen molar-refractivity contribution in [2.24, 2.45) is 0 Å². The summed E-state index contributed by atoms with van der Waals surface area (Å²) in [5.74, 6) is 0.259. The molecule has 0 aliphatic rings. The van der Waals surface area contributed by atoms with Crippen molar-refractivity contribution in [1.29, 1.82) is 0 Å². The molecule has 0 radical (unpaired) electrons. The second-order valence-corrected chi connectivity index (χ2v) is 4.04. The lowest BCUT2D eigenvalue weighted by atomic mass is 10.2. The third-order valence-electron chi connectivity index (χ3n) is 2.64. The maximum absolute atomic E-state index is 11.6. The summed E-state index contributed by atoms with van der Waals surface area (Å²) >= 11 is 0. The molecule has 0 aliphatic heterocycles. The zero-order valence-electron chi connectivity index (χ0n) is 10.4. The van der Waals surface area contributed by atoms with E-state index in [1.54, 1.807) is 18.3 Å². The smallest absolute Gasteiger partial charge is 0.355 e. The second-order valence-electron chi connectivity index (χ2n) is 4.04. The Morgan fingerprint density at radius 3 is 2.80 bits per heavy atom. The number of benzene rings is 1. The molecular formula is C14H11N3O3. The first-order chi connectivity index (χ1) is 9.83. The predicted molar refractivity (Wildman–Crippen MR) is 69.6 cm³/mol. The Bertz CT molecular complexity index is 690. The van der Waals surface area contributed by atoms with E-state index in [2.05, 4.69) is 15.1 Å². The Labute approximate surface area is 114 Å². The van der Waals surface area contributed by atoms with E-state index >= 15 is 0 Å². The molecule has 0 aliphatic carbocycles. The normalized spacial score (nSPS) is 10.4. The van der Waals surface area contributed by atoms with Gasteiger partial charge in [0.1, 0.15) is 5.69 Å². The molecule has 6 heteroatoms. The fourth-order valence-corrected chi connectivity index (χ4v) is 1.68. The summed E-state index contributed by atoms with van der Waals surface area (Å²) in [5, 5.41) is 3.84. The van der Waals surface area contributed by atoms with E-state index in [0.717, 1.165) is 5.56 Å². The number of H-pyrrole nitrogens is 1. The highest BCUT2D eigenvalue weighted by Gasteiger charge is 2.12. The summed E-state index contributed by atoms with van der Waals surface area (Å²) in [6.45, 7) is -0.0579. The zero-order valence-corrected chi connectivity index (χ0v) is 10.4. The molecule has 0 fully saturated rings. The maximum Gasteiger partial charge on any atom is 0.355 e. The van der Waals surface area contributed by atoms with Gasteiger partial charge in [0.15, 0.2) is 6.61 Å². The lowest BCUT2D eigenvalue weighted by molar-refractivity contribution is 0.0423. The number of carbonyl (C=O) groups is 1. The minimum atomic E-state index is -0.463. The van der Waals surface area contributed by atoms with Gasteiger partial charge in [0.2, 0.25) is 5.82 Å². The number of hydrogen-bond donors (Lipinski definition) is 1. The van der Waals surface area contributed by atoms with Crippen molar-refractivity contribution in [3.63, 3.8) is 0 Å². The molecule has 0 spiro atoms. The number of nitrogens with one attached hydrogen (secondary N) is 1. The quantitative estimate of drug-likeness (QED) is 0.735. The number of hydrogen-bond acceptors (Lipinski definition) is 5. The van der Waals surface area contributed by atoms with Gasteiger partial charge in [-0.3, -0.25) is 0 Å². The summed E-state index contributed by atoms with van der Waals surface area (Å²) in [5.41, 5.74) is 1.23. The van der Waals surface area contributed by atoms with Gasteiger partial charge in [-0.25, -0.2) is 4.79 Å². The molecule has 3 aromatic rings. The van der Waals surface area contributed by atoms with Crippen LogP contribution >= 0.6 is 0 Å². The van der Waals surface area contributed by atoms with Crippen LogP contribution in [0.2, 0.25) is 0 Å². The van der Waals surface area contributed by atoms with Gasteiger partial charge < -0.3 is 14.2 Å². The number of aromatic amines is 1. The fourth-order valence-electron chi connectivity index (χ4n) is 1.68. The maximum atomic E-state index is 11.6. The van der Waals surface area contributed by atoms with Gasteiger partial charge >= 0.3 is 5.97 Å². The van der Waals surface area contributed by atoms with Gasteiger partial charge in [0, 0.05) is 11.8 Å². The second kappa shape index (κ2) is 5.40. The third-order valence-corrected chi connectivity index (χ3v) is 2.64. The van der Waals surface area contributed by atoms with Crippen molar-refractivity contribution in [2.45, 2.75) is 6.61 Å². The highest BCUT2D eigenvalue weighted by molar-refractivity contribution is 5.87. The van der Waals surface area contributed by atoms with E-state index in [1.165, 1.54) is 0 Å². The minimum absolute atomic E-state index is 0.0579. The van der Waals surface area contributed by atoms with Gasteiger partial charge in [-0.05, 0) is 12.1 Å². The molecule has 1 N–H and O–H groups in total. The molecule has 1 aromatic carbocycles. The average Bonchev–Trinajstić information content (AvgIpc) is 3.17. The SMILES string of the molecule is O=C(OCc1nc(-c2ccccc2)no1)c1ccc[nH]1. The minimum Gasteiger partial charge on any atom is -0.451 e. The van der Waals surface area contributed by atoms with Crippen molar-refractivity contribution in [3.8, 4) is 11.4 Å². The number of rotatable bonds is 4. The molecule has 20 heavy (non-hydrogen) atoms. The first-order valence-electron chi connectivity index (χ1n) is 6.01. The van der Waals surface area contributed by atoms with E-state index in [9.17, 15) is 4.79 Å². The van der Waals surface area contributed by atoms with E-state index in [1.807, 2.05) is 30.3 Å². The molecule has 2 heterocycles. The lowest BCUT2D eigenvalue weighted by Crippen LogP contribution is -2.05. The third kappa shape index (κ3) is 2.59. The number of ether oxygens (including phenoxy) is 1. The Kier molecular flexibility index (Phi) is 3.28. The Balaban J connectivity index is 1.65. The van der Waals surface area contributed by atoms with E-state index < -0.39 is 5.97 Å². The number of nitrogens with zero attached hydrogens (tertiary/aromatic N) is 2. The van der Waals surface area contributed by atoms with Crippen LogP contribution in [0.1, 0.15) is 16.4 Å². The summed E-state index contributed by atoms with van der Waals surface area (Å²) in [4.78, 5) is 18.5. The van der Waals surface area contributed by atoms with Crippen LogP contribution in [0.15, 0.2) is 53.2 Å². The van der Waals surface area contributed by atoms with E-state index in [-0.39, 0.29) is 12.5 Å². The first-order valence-corrected chi connectivity index (χ1v) is 6.01. The van der Waals surface area contributed by atoms with Gasteiger partial charge in [-0.1, -0.05) is 35.5 Å². The Morgan fingerprint density at radius 1 is 1.20 bits per heavy atom. The van der Waals surface area contributed by atoms with Gasteiger partial charge in [0.25, 0.3) is 5.89 Å². The molecule has 0 saturated heterocycles. The molecular weight excluding hydrogens is 258 g/mol. The fraction of sp³-hybridized carbons (Fsp3) is 0.0714. The monoisotopic (exact) mass is 269 g/mol. The number of aromatic nitrogens is 3. The van der Waals surface area contributed by atoms with Crippen LogP contribution in [0.25, 0.3) is 11.4 Å². The van der Waals surface area contributed by atoms with Crippen LogP contribution in [0.4, 0.5) is 0 Å². The summed E-state index contributed by atoms with van der Waals surface area (Å²) in [6, 6.07) is 12.8. The topological polar surface area (TPSA) is 81.0 Å². The number of esters is 1. The van der Waals surface area contributed by atoms with Crippen LogP contribution in [0, 0.1) is 0 Å². The van der Waals surface area contributed by atoms with Crippen molar-refractivity contribution < 1.29 is 14.1 Å². The van der Waals surface area contributed by atoms with Crippen molar-refractivity contribution in [3.05, 3.63) is 60.2 Å². The van der Waals surface area contributed by atoms with Crippen molar-refractivity contribution in [1.82, 2.24) is 15.1 Å². The highest BCUT2D eigenvalue weighted by Crippen LogP contribution is 2.15. The van der Waals surface area contributed by atoms with Crippen LogP contribution in [0.3, 0.4) is 0 Å². The summed E-state index contributed by atoms with van der Waals surface area (Å²) in [7, 11) is 0. The summed E-state index contributed by atoms with van der Waals surface area (Å²) < 4.78 is 10.1.